The summed E-state index contributed by atoms with van der Waals surface area (Å²) < 4.78 is 7.77. The van der Waals surface area contributed by atoms with Crippen LogP contribution in [0.25, 0.3) is 5.69 Å². The SMILES string of the molecule is CCN(CC)C(=O)CSc1nnc(COc2ccccc2Cl)n1-c1ccccc1. The monoisotopic (exact) mass is 430 g/mol. The Morgan fingerprint density at radius 1 is 1.07 bits per heavy atom. The van der Waals surface area contributed by atoms with Crippen LogP contribution >= 0.6 is 23.4 Å². The number of carbonyl (C=O) groups is 1. The lowest BCUT2D eigenvalue weighted by atomic mass is 10.3. The molecule has 3 aromatic rings. The number of carbonyl (C=O) groups excluding carboxylic acids is 1. The van der Waals surface area contributed by atoms with Crippen molar-refractivity contribution in [1.29, 1.82) is 0 Å². The van der Waals surface area contributed by atoms with Gasteiger partial charge in [-0.25, -0.2) is 0 Å². The van der Waals surface area contributed by atoms with E-state index in [4.69, 9.17) is 16.3 Å². The second kappa shape index (κ2) is 10.3. The van der Waals surface area contributed by atoms with Crippen molar-refractivity contribution < 1.29 is 9.53 Å². The standard InChI is InChI=1S/C21H23ClN4O2S/c1-3-25(4-2)20(27)15-29-21-24-23-19(26(21)16-10-6-5-7-11-16)14-28-18-13-9-8-12-17(18)22/h5-13H,3-4,14-15H2,1-2H3. The van der Waals surface area contributed by atoms with Crippen molar-refractivity contribution >= 4 is 29.3 Å². The largest absolute Gasteiger partial charge is 0.484 e. The molecule has 29 heavy (non-hydrogen) atoms. The van der Waals surface area contributed by atoms with Crippen LogP contribution in [0.4, 0.5) is 0 Å². The number of thioether (sulfide) groups is 1. The van der Waals surface area contributed by atoms with Gasteiger partial charge in [0.15, 0.2) is 11.0 Å². The minimum Gasteiger partial charge on any atom is -0.484 e. The molecule has 1 aromatic heterocycles. The fourth-order valence-electron chi connectivity index (χ4n) is 2.82. The molecule has 1 amide bonds. The van der Waals surface area contributed by atoms with E-state index >= 15 is 0 Å². The molecular weight excluding hydrogens is 408 g/mol. The van der Waals surface area contributed by atoms with Gasteiger partial charge in [-0.05, 0) is 38.1 Å². The predicted molar refractivity (Wildman–Crippen MR) is 116 cm³/mol. The van der Waals surface area contributed by atoms with Crippen molar-refractivity contribution in [2.45, 2.75) is 25.6 Å². The first-order valence-electron chi connectivity index (χ1n) is 9.41. The normalized spacial score (nSPS) is 10.7. The Bertz CT molecular complexity index is 945. The molecule has 0 spiro atoms. The van der Waals surface area contributed by atoms with Crippen LogP contribution in [0, 0.1) is 0 Å². The third kappa shape index (κ3) is 5.31. The number of benzene rings is 2. The fraction of sp³-hybridized carbons (Fsp3) is 0.286. The zero-order chi connectivity index (χ0) is 20.6. The number of aromatic nitrogens is 3. The van der Waals surface area contributed by atoms with Crippen molar-refractivity contribution in [2.75, 3.05) is 18.8 Å². The second-order valence-electron chi connectivity index (χ2n) is 6.14. The molecule has 0 fully saturated rings. The second-order valence-corrected chi connectivity index (χ2v) is 7.49. The van der Waals surface area contributed by atoms with Crippen molar-refractivity contribution in [3.05, 3.63) is 65.4 Å². The number of halogens is 1. The summed E-state index contributed by atoms with van der Waals surface area (Å²) in [5.41, 5.74) is 0.910. The molecule has 0 radical (unpaired) electrons. The van der Waals surface area contributed by atoms with Gasteiger partial charge in [0.05, 0.1) is 10.8 Å². The summed E-state index contributed by atoms with van der Waals surface area (Å²) >= 11 is 7.55. The third-order valence-corrected chi connectivity index (χ3v) is 5.58. The highest BCUT2D eigenvalue weighted by molar-refractivity contribution is 7.99. The zero-order valence-corrected chi connectivity index (χ0v) is 18.0. The van der Waals surface area contributed by atoms with E-state index in [1.54, 1.807) is 11.0 Å². The summed E-state index contributed by atoms with van der Waals surface area (Å²) in [6.45, 7) is 5.54. The van der Waals surface area contributed by atoms with Crippen LogP contribution < -0.4 is 4.74 Å². The fourth-order valence-corrected chi connectivity index (χ4v) is 3.89. The Morgan fingerprint density at radius 2 is 1.76 bits per heavy atom. The van der Waals surface area contributed by atoms with Crippen LogP contribution in [-0.4, -0.2) is 44.4 Å². The van der Waals surface area contributed by atoms with Crippen LogP contribution in [0.15, 0.2) is 59.8 Å². The number of ether oxygens (including phenoxy) is 1. The summed E-state index contributed by atoms with van der Waals surface area (Å²) in [6.07, 6.45) is 0. The Balaban J connectivity index is 1.82. The summed E-state index contributed by atoms with van der Waals surface area (Å²) in [5, 5.41) is 9.79. The Labute approximate surface area is 179 Å². The summed E-state index contributed by atoms with van der Waals surface area (Å²) in [7, 11) is 0. The molecule has 152 valence electrons. The van der Waals surface area contributed by atoms with Crippen molar-refractivity contribution in [2.24, 2.45) is 0 Å². The number of hydrogen-bond donors (Lipinski definition) is 0. The van der Waals surface area contributed by atoms with Gasteiger partial charge in [-0.1, -0.05) is 53.7 Å². The quantitative estimate of drug-likeness (QED) is 0.469. The maximum Gasteiger partial charge on any atom is 0.233 e. The Hall–Kier alpha value is -2.51. The molecule has 0 unspecified atom stereocenters. The van der Waals surface area contributed by atoms with Gasteiger partial charge in [0.1, 0.15) is 12.4 Å². The molecule has 3 rings (SSSR count). The van der Waals surface area contributed by atoms with E-state index < -0.39 is 0 Å². The van der Waals surface area contributed by atoms with Crippen LogP contribution in [-0.2, 0) is 11.4 Å². The predicted octanol–water partition coefficient (Wildman–Crippen LogP) is 4.46. The Kier molecular flexibility index (Phi) is 7.55. The van der Waals surface area contributed by atoms with Crippen molar-refractivity contribution in [3.63, 3.8) is 0 Å². The van der Waals surface area contributed by atoms with Gasteiger partial charge in [-0.15, -0.1) is 10.2 Å². The number of para-hydroxylation sites is 2. The molecule has 0 bridgehead atoms. The van der Waals surface area contributed by atoms with Gasteiger partial charge in [0.25, 0.3) is 0 Å². The average molecular weight is 431 g/mol. The number of nitrogens with zero attached hydrogens (tertiary/aromatic N) is 4. The average Bonchev–Trinajstić information content (AvgIpc) is 3.16. The highest BCUT2D eigenvalue weighted by Crippen LogP contribution is 2.26. The third-order valence-electron chi connectivity index (χ3n) is 4.35. The van der Waals surface area contributed by atoms with Crippen molar-refractivity contribution in [1.82, 2.24) is 19.7 Å². The molecular formula is C21H23ClN4O2S. The van der Waals surface area contributed by atoms with Gasteiger partial charge >= 0.3 is 0 Å². The molecule has 0 saturated carbocycles. The lowest BCUT2D eigenvalue weighted by molar-refractivity contribution is -0.127. The molecule has 0 N–H and O–H groups in total. The minimum atomic E-state index is 0.0801. The number of hydrogen-bond acceptors (Lipinski definition) is 5. The molecule has 0 saturated heterocycles. The molecule has 0 atom stereocenters. The zero-order valence-electron chi connectivity index (χ0n) is 16.4. The van der Waals surface area contributed by atoms with Crippen LogP contribution in [0.5, 0.6) is 5.75 Å². The van der Waals surface area contributed by atoms with E-state index in [9.17, 15) is 4.79 Å². The first-order chi connectivity index (χ1) is 14.1. The van der Waals surface area contributed by atoms with E-state index in [1.165, 1.54) is 11.8 Å². The molecule has 0 aliphatic rings. The highest BCUT2D eigenvalue weighted by Gasteiger charge is 2.18. The molecule has 8 heteroatoms. The first kappa shape index (κ1) is 21.2. The van der Waals surface area contributed by atoms with Gasteiger partial charge < -0.3 is 9.64 Å². The van der Waals surface area contributed by atoms with Gasteiger partial charge in [0.2, 0.25) is 5.91 Å². The van der Waals surface area contributed by atoms with E-state index in [0.717, 1.165) is 5.69 Å². The van der Waals surface area contributed by atoms with E-state index in [2.05, 4.69) is 10.2 Å². The van der Waals surface area contributed by atoms with E-state index in [0.29, 0.717) is 40.6 Å². The lowest BCUT2D eigenvalue weighted by Gasteiger charge is -2.18. The van der Waals surface area contributed by atoms with Gasteiger partial charge in [-0.2, -0.15) is 0 Å². The highest BCUT2D eigenvalue weighted by atomic mass is 35.5. The van der Waals surface area contributed by atoms with Crippen LogP contribution in [0.3, 0.4) is 0 Å². The van der Waals surface area contributed by atoms with Crippen molar-refractivity contribution in [3.8, 4) is 11.4 Å². The van der Waals surface area contributed by atoms with Crippen LogP contribution in [0.1, 0.15) is 19.7 Å². The van der Waals surface area contributed by atoms with Gasteiger partial charge in [-0.3, -0.25) is 9.36 Å². The van der Waals surface area contributed by atoms with E-state index in [-0.39, 0.29) is 12.5 Å². The number of rotatable bonds is 9. The maximum atomic E-state index is 12.4. The molecule has 0 aliphatic carbocycles. The summed E-state index contributed by atoms with van der Waals surface area (Å²) in [5.74, 6) is 1.60. The lowest BCUT2D eigenvalue weighted by Crippen LogP contribution is -2.31. The first-order valence-corrected chi connectivity index (χ1v) is 10.8. The molecule has 2 aromatic carbocycles. The molecule has 0 aliphatic heterocycles. The Morgan fingerprint density at radius 3 is 2.45 bits per heavy atom. The smallest absolute Gasteiger partial charge is 0.233 e. The van der Waals surface area contributed by atoms with Crippen LogP contribution in [0.2, 0.25) is 5.02 Å². The molecule has 6 nitrogen and oxygen atoms in total. The molecule has 1 heterocycles. The van der Waals surface area contributed by atoms with Gasteiger partial charge in [0, 0.05) is 18.8 Å². The topological polar surface area (TPSA) is 60.3 Å². The maximum absolute atomic E-state index is 12.4. The number of amides is 1. The summed E-state index contributed by atoms with van der Waals surface area (Å²) in [4.78, 5) is 14.2. The summed E-state index contributed by atoms with van der Waals surface area (Å²) in [6, 6.07) is 17.1. The van der Waals surface area contributed by atoms with E-state index in [1.807, 2.05) is 66.9 Å². The minimum absolute atomic E-state index is 0.0801.